The first-order valence-electron chi connectivity index (χ1n) is 10.1. The van der Waals surface area contributed by atoms with E-state index in [1.54, 1.807) is 6.20 Å². The van der Waals surface area contributed by atoms with Crippen molar-refractivity contribution in [2.24, 2.45) is 0 Å². The van der Waals surface area contributed by atoms with Gasteiger partial charge in [0, 0.05) is 23.1 Å². The number of hydrogen-bond acceptors (Lipinski definition) is 6. The highest BCUT2D eigenvalue weighted by Crippen LogP contribution is 2.33. The van der Waals surface area contributed by atoms with Crippen LogP contribution in [0.15, 0.2) is 47.5 Å². The Morgan fingerprint density at radius 2 is 2.20 bits per heavy atom. The number of thioether (sulfide) groups is 1. The Balaban J connectivity index is 1.71. The molecular weight excluding hydrogens is 398 g/mol. The predicted octanol–water partition coefficient (Wildman–Crippen LogP) is 4.95. The fraction of sp³-hybridized carbons (Fsp3) is 0.348. The lowest BCUT2D eigenvalue weighted by atomic mass is 10.1. The molecule has 7 heteroatoms. The van der Waals surface area contributed by atoms with Gasteiger partial charge in [-0.2, -0.15) is 5.10 Å². The summed E-state index contributed by atoms with van der Waals surface area (Å²) >= 11 is 1.48. The molecule has 30 heavy (non-hydrogen) atoms. The van der Waals surface area contributed by atoms with Gasteiger partial charge in [-0.05, 0) is 68.7 Å². The molecule has 6 nitrogen and oxygen atoms in total. The van der Waals surface area contributed by atoms with Crippen LogP contribution in [0.5, 0.6) is 0 Å². The maximum Gasteiger partial charge on any atom is 0.318 e. The van der Waals surface area contributed by atoms with Crippen molar-refractivity contribution in [2.45, 2.75) is 42.6 Å². The van der Waals surface area contributed by atoms with E-state index in [1.807, 2.05) is 48.0 Å². The van der Waals surface area contributed by atoms with Crippen molar-refractivity contribution in [3.8, 4) is 0 Å². The number of nitrogens with zero attached hydrogens (tertiary/aromatic N) is 3. The van der Waals surface area contributed by atoms with Gasteiger partial charge >= 0.3 is 5.97 Å². The van der Waals surface area contributed by atoms with Crippen molar-refractivity contribution >= 4 is 40.8 Å². The van der Waals surface area contributed by atoms with Gasteiger partial charge in [0.05, 0.1) is 24.0 Å². The van der Waals surface area contributed by atoms with Crippen LogP contribution in [0.2, 0.25) is 0 Å². The molecule has 0 N–H and O–H groups in total. The van der Waals surface area contributed by atoms with Crippen LogP contribution in [0.25, 0.3) is 23.1 Å². The standard InChI is InChI=1S/C23H25N3O3S/c1-16(23(27)28-2)30-18-10-11-19-20(12-9-17-7-3-5-13-24-17)25-26(21(19)15-18)22-8-4-6-14-29-22/h3,5,7,9-13,15-16,22H,4,6,8,14H2,1-2H3. The molecule has 1 fully saturated rings. The maximum absolute atomic E-state index is 11.8. The number of pyridine rings is 1. The average Bonchev–Trinajstić information content (AvgIpc) is 3.16. The average molecular weight is 424 g/mol. The molecule has 156 valence electrons. The molecule has 2 atom stereocenters. The maximum atomic E-state index is 11.8. The van der Waals surface area contributed by atoms with Crippen LogP contribution in [-0.4, -0.2) is 39.7 Å². The Kier molecular flexibility index (Phi) is 6.50. The second kappa shape index (κ2) is 9.45. The van der Waals surface area contributed by atoms with Gasteiger partial charge in [0.15, 0.2) is 6.23 Å². The van der Waals surface area contributed by atoms with Crippen molar-refractivity contribution in [2.75, 3.05) is 13.7 Å². The van der Waals surface area contributed by atoms with Crippen molar-refractivity contribution in [3.05, 3.63) is 54.0 Å². The van der Waals surface area contributed by atoms with E-state index in [0.717, 1.165) is 53.1 Å². The molecule has 3 heterocycles. The summed E-state index contributed by atoms with van der Waals surface area (Å²) < 4.78 is 12.8. The van der Waals surface area contributed by atoms with Gasteiger partial charge in [-0.25, -0.2) is 4.68 Å². The monoisotopic (exact) mass is 423 g/mol. The second-order valence-corrected chi connectivity index (χ2v) is 8.62. The predicted molar refractivity (Wildman–Crippen MR) is 119 cm³/mol. The van der Waals surface area contributed by atoms with Gasteiger partial charge < -0.3 is 9.47 Å². The van der Waals surface area contributed by atoms with Crippen LogP contribution >= 0.6 is 11.8 Å². The van der Waals surface area contributed by atoms with Crippen LogP contribution in [0.4, 0.5) is 0 Å². The van der Waals surface area contributed by atoms with E-state index in [0.29, 0.717) is 0 Å². The van der Waals surface area contributed by atoms with Gasteiger partial charge in [0.25, 0.3) is 0 Å². The molecule has 2 aromatic heterocycles. The quantitative estimate of drug-likeness (QED) is 0.413. The SMILES string of the molecule is COC(=O)C(C)Sc1ccc2c(C=Cc3ccccn3)nn(C3CCCCO3)c2c1. The van der Waals surface area contributed by atoms with E-state index >= 15 is 0 Å². The molecule has 1 aliphatic rings. The first-order valence-corrected chi connectivity index (χ1v) is 11.0. The summed E-state index contributed by atoms with van der Waals surface area (Å²) in [5.41, 5.74) is 2.76. The molecular formula is C23H25N3O3S. The first-order chi connectivity index (χ1) is 14.7. The van der Waals surface area contributed by atoms with E-state index in [-0.39, 0.29) is 17.4 Å². The van der Waals surface area contributed by atoms with Gasteiger partial charge in [0.1, 0.15) is 5.25 Å². The highest BCUT2D eigenvalue weighted by molar-refractivity contribution is 8.00. The molecule has 0 bridgehead atoms. The summed E-state index contributed by atoms with van der Waals surface area (Å²) in [6, 6.07) is 12.0. The minimum Gasteiger partial charge on any atom is -0.468 e. The molecule has 1 saturated heterocycles. The summed E-state index contributed by atoms with van der Waals surface area (Å²) in [6.45, 7) is 2.60. The summed E-state index contributed by atoms with van der Waals surface area (Å²) in [5, 5.41) is 5.64. The largest absolute Gasteiger partial charge is 0.468 e. The first kappa shape index (κ1) is 20.6. The van der Waals surface area contributed by atoms with E-state index in [9.17, 15) is 4.79 Å². The minimum absolute atomic E-state index is 0.0727. The topological polar surface area (TPSA) is 66.2 Å². The van der Waals surface area contributed by atoms with E-state index in [1.165, 1.54) is 18.9 Å². The second-order valence-electron chi connectivity index (χ2n) is 7.20. The lowest BCUT2D eigenvalue weighted by molar-refractivity contribution is -0.139. The molecule has 0 amide bonds. The molecule has 1 aliphatic heterocycles. The molecule has 0 radical (unpaired) electrons. The Morgan fingerprint density at radius 3 is 2.93 bits per heavy atom. The van der Waals surface area contributed by atoms with Crippen LogP contribution in [-0.2, 0) is 14.3 Å². The van der Waals surface area contributed by atoms with Crippen LogP contribution < -0.4 is 0 Å². The number of rotatable bonds is 6. The minimum atomic E-state index is -0.279. The number of hydrogen-bond donors (Lipinski definition) is 0. The number of carbonyl (C=O) groups excluding carboxylic acids is 1. The highest BCUT2D eigenvalue weighted by Gasteiger charge is 2.21. The molecule has 0 spiro atoms. The number of carbonyl (C=O) groups is 1. The van der Waals surface area contributed by atoms with Crippen LogP contribution in [0.1, 0.15) is 43.8 Å². The van der Waals surface area contributed by atoms with Gasteiger partial charge in [-0.1, -0.05) is 6.07 Å². The third-order valence-corrected chi connectivity index (χ3v) is 6.15. The molecule has 4 rings (SSSR count). The van der Waals surface area contributed by atoms with Crippen LogP contribution in [0, 0.1) is 0 Å². The van der Waals surface area contributed by atoms with E-state index < -0.39 is 0 Å². The Bertz CT molecular complexity index is 1040. The van der Waals surface area contributed by atoms with Gasteiger partial charge in [-0.15, -0.1) is 11.8 Å². The molecule has 2 unspecified atom stereocenters. The van der Waals surface area contributed by atoms with Gasteiger partial charge in [-0.3, -0.25) is 9.78 Å². The number of methoxy groups -OCH3 is 1. The molecule has 0 aliphatic carbocycles. The van der Waals surface area contributed by atoms with Crippen molar-refractivity contribution in [1.29, 1.82) is 0 Å². The lowest BCUT2D eigenvalue weighted by Gasteiger charge is -2.23. The Hall–Kier alpha value is -2.64. The zero-order valence-electron chi connectivity index (χ0n) is 17.2. The van der Waals surface area contributed by atoms with Crippen LogP contribution in [0.3, 0.4) is 0 Å². The number of benzene rings is 1. The summed E-state index contributed by atoms with van der Waals surface area (Å²) in [6.07, 6.45) is 8.81. The van der Waals surface area contributed by atoms with Crippen molar-refractivity contribution in [1.82, 2.24) is 14.8 Å². The smallest absolute Gasteiger partial charge is 0.318 e. The summed E-state index contributed by atoms with van der Waals surface area (Å²) in [7, 11) is 1.41. The number of ether oxygens (including phenoxy) is 2. The zero-order chi connectivity index (χ0) is 20.9. The van der Waals surface area contributed by atoms with Crippen molar-refractivity contribution in [3.63, 3.8) is 0 Å². The number of esters is 1. The van der Waals surface area contributed by atoms with Crippen molar-refractivity contribution < 1.29 is 14.3 Å². The number of aromatic nitrogens is 3. The highest BCUT2D eigenvalue weighted by atomic mass is 32.2. The molecule has 1 aromatic carbocycles. The fourth-order valence-electron chi connectivity index (χ4n) is 3.53. The normalized spacial score (nSPS) is 18.0. The van der Waals surface area contributed by atoms with E-state index in [2.05, 4.69) is 17.1 Å². The van der Waals surface area contributed by atoms with E-state index in [4.69, 9.17) is 14.6 Å². The third kappa shape index (κ3) is 4.57. The number of fused-ring (bicyclic) bond motifs is 1. The zero-order valence-corrected chi connectivity index (χ0v) is 18.0. The summed E-state index contributed by atoms with van der Waals surface area (Å²) in [5.74, 6) is -0.233. The Labute approximate surface area is 180 Å². The molecule has 3 aromatic rings. The lowest BCUT2D eigenvalue weighted by Crippen LogP contribution is -2.19. The van der Waals surface area contributed by atoms with Gasteiger partial charge in [0.2, 0.25) is 0 Å². The Morgan fingerprint density at radius 1 is 1.30 bits per heavy atom. The molecule has 0 saturated carbocycles. The fourth-order valence-corrected chi connectivity index (χ4v) is 4.46. The third-order valence-electron chi connectivity index (χ3n) is 5.08. The summed E-state index contributed by atoms with van der Waals surface area (Å²) in [4.78, 5) is 17.2.